The van der Waals surface area contributed by atoms with Crippen LogP contribution in [0.4, 0.5) is 0 Å². The summed E-state index contributed by atoms with van der Waals surface area (Å²) in [6.07, 6.45) is 9.48. The molecule has 2 aliphatic rings. The Bertz CT molecular complexity index is 480. The van der Waals surface area contributed by atoms with Gasteiger partial charge >= 0.3 is 0 Å². The molecule has 1 aromatic carbocycles. The molecule has 2 aliphatic carbocycles. The van der Waals surface area contributed by atoms with Gasteiger partial charge in [-0.3, -0.25) is 0 Å². The van der Waals surface area contributed by atoms with E-state index in [2.05, 4.69) is 11.4 Å². The zero-order valence-electron chi connectivity index (χ0n) is 12.8. The van der Waals surface area contributed by atoms with Crippen molar-refractivity contribution in [1.29, 1.82) is 0 Å². The molecule has 3 N–H and O–H groups in total. The van der Waals surface area contributed by atoms with E-state index in [1.165, 1.54) is 36.8 Å². The van der Waals surface area contributed by atoms with Crippen LogP contribution in [0, 0.1) is 5.41 Å². The molecule has 0 spiro atoms. The van der Waals surface area contributed by atoms with E-state index < -0.39 is 0 Å². The highest BCUT2D eigenvalue weighted by atomic mass is 16.3. The summed E-state index contributed by atoms with van der Waals surface area (Å²) in [5.41, 5.74) is 2.70. The molecule has 116 valence electrons. The third kappa shape index (κ3) is 3.24. The Labute approximate surface area is 127 Å². The van der Waals surface area contributed by atoms with Crippen LogP contribution in [0.15, 0.2) is 18.2 Å². The minimum atomic E-state index is 0.0901. The van der Waals surface area contributed by atoms with Crippen LogP contribution in [0.3, 0.4) is 0 Å². The summed E-state index contributed by atoms with van der Waals surface area (Å²) in [5, 5.41) is 23.2. The van der Waals surface area contributed by atoms with E-state index in [1.807, 2.05) is 6.07 Å². The minimum absolute atomic E-state index is 0.0901. The molecule has 3 nitrogen and oxygen atoms in total. The van der Waals surface area contributed by atoms with Gasteiger partial charge in [-0.1, -0.05) is 25.3 Å². The highest BCUT2D eigenvalue weighted by Crippen LogP contribution is 2.37. The number of benzene rings is 1. The number of fused-ring (bicyclic) bond motifs is 1. The molecule has 1 saturated carbocycles. The van der Waals surface area contributed by atoms with Crippen LogP contribution in [0.25, 0.3) is 0 Å². The number of hydrogen-bond donors (Lipinski definition) is 3. The molecule has 0 bridgehead atoms. The van der Waals surface area contributed by atoms with E-state index in [0.29, 0.717) is 18.4 Å². The van der Waals surface area contributed by atoms with Crippen molar-refractivity contribution >= 4 is 0 Å². The van der Waals surface area contributed by atoms with Crippen molar-refractivity contribution < 1.29 is 10.2 Å². The standard InChI is InChI=1S/C18H27NO2/c20-13-18(9-2-1-3-10-18)12-19-17-6-4-5-14-11-15(21)7-8-16(14)17/h7-8,11,17,19-21H,1-6,9-10,12-13H2. The summed E-state index contributed by atoms with van der Waals surface area (Å²) in [5.74, 6) is 0.369. The lowest BCUT2D eigenvalue weighted by Crippen LogP contribution is -2.41. The van der Waals surface area contributed by atoms with Gasteiger partial charge in [0.15, 0.2) is 0 Å². The van der Waals surface area contributed by atoms with Crippen LogP contribution in [0.5, 0.6) is 5.75 Å². The van der Waals surface area contributed by atoms with E-state index in [-0.39, 0.29) is 5.41 Å². The Balaban J connectivity index is 1.69. The summed E-state index contributed by atoms with van der Waals surface area (Å²) >= 11 is 0. The lowest BCUT2D eigenvalue weighted by Gasteiger charge is -2.38. The monoisotopic (exact) mass is 289 g/mol. The molecule has 0 amide bonds. The molecule has 1 unspecified atom stereocenters. The zero-order chi connectivity index (χ0) is 14.7. The Morgan fingerprint density at radius 1 is 1.14 bits per heavy atom. The second-order valence-electron chi connectivity index (χ2n) is 6.93. The normalized spacial score (nSPS) is 24.5. The molecule has 1 aromatic rings. The smallest absolute Gasteiger partial charge is 0.115 e. The molecular formula is C18H27NO2. The number of aryl methyl sites for hydroxylation is 1. The Kier molecular flexibility index (Phi) is 4.51. The maximum absolute atomic E-state index is 9.83. The summed E-state index contributed by atoms with van der Waals surface area (Å²) < 4.78 is 0. The van der Waals surface area contributed by atoms with Gasteiger partial charge in [-0.05, 0) is 55.4 Å². The van der Waals surface area contributed by atoms with Crippen molar-refractivity contribution in [2.75, 3.05) is 13.2 Å². The number of phenols is 1. The van der Waals surface area contributed by atoms with Crippen LogP contribution in [-0.2, 0) is 6.42 Å². The van der Waals surface area contributed by atoms with E-state index in [0.717, 1.165) is 32.2 Å². The number of nitrogens with one attached hydrogen (secondary N) is 1. The molecule has 1 atom stereocenters. The molecule has 0 radical (unpaired) electrons. The van der Waals surface area contributed by atoms with Crippen molar-refractivity contribution in [1.82, 2.24) is 5.32 Å². The van der Waals surface area contributed by atoms with Gasteiger partial charge in [0.05, 0.1) is 0 Å². The van der Waals surface area contributed by atoms with Gasteiger partial charge in [0.2, 0.25) is 0 Å². The average Bonchev–Trinajstić information content (AvgIpc) is 2.53. The Morgan fingerprint density at radius 2 is 1.95 bits per heavy atom. The molecular weight excluding hydrogens is 262 g/mol. The fourth-order valence-corrected chi connectivity index (χ4v) is 4.05. The third-order valence-corrected chi connectivity index (χ3v) is 5.41. The summed E-state index contributed by atoms with van der Waals surface area (Å²) in [4.78, 5) is 0. The first-order valence-electron chi connectivity index (χ1n) is 8.38. The number of rotatable bonds is 4. The summed E-state index contributed by atoms with van der Waals surface area (Å²) in [6.45, 7) is 1.21. The highest BCUT2D eigenvalue weighted by molar-refractivity contribution is 5.38. The molecule has 3 heteroatoms. The van der Waals surface area contributed by atoms with Gasteiger partial charge in [-0.15, -0.1) is 0 Å². The topological polar surface area (TPSA) is 52.5 Å². The van der Waals surface area contributed by atoms with Gasteiger partial charge in [0, 0.05) is 24.6 Å². The number of aliphatic hydroxyl groups is 1. The average molecular weight is 289 g/mol. The zero-order valence-corrected chi connectivity index (χ0v) is 12.8. The lowest BCUT2D eigenvalue weighted by atomic mass is 9.74. The molecule has 0 aliphatic heterocycles. The molecule has 0 heterocycles. The predicted molar refractivity (Wildman–Crippen MR) is 84.4 cm³/mol. The first-order valence-corrected chi connectivity index (χ1v) is 8.38. The van der Waals surface area contributed by atoms with E-state index in [9.17, 15) is 10.2 Å². The second-order valence-corrected chi connectivity index (χ2v) is 6.93. The molecule has 0 saturated heterocycles. The largest absolute Gasteiger partial charge is 0.508 e. The first-order chi connectivity index (χ1) is 10.2. The van der Waals surface area contributed by atoms with Crippen LogP contribution in [-0.4, -0.2) is 23.4 Å². The molecule has 3 rings (SSSR count). The van der Waals surface area contributed by atoms with E-state index >= 15 is 0 Å². The van der Waals surface area contributed by atoms with E-state index in [1.54, 1.807) is 6.07 Å². The fraction of sp³-hybridized carbons (Fsp3) is 0.667. The van der Waals surface area contributed by atoms with Gasteiger partial charge < -0.3 is 15.5 Å². The lowest BCUT2D eigenvalue weighted by molar-refractivity contribution is 0.0775. The maximum atomic E-state index is 9.83. The quantitative estimate of drug-likeness (QED) is 0.797. The van der Waals surface area contributed by atoms with Crippen molar-refractivity contribution in [3.05, 3.63) is 29.3 Å². The number of aliphatic hydroxyl groups excluding tert-OH is 1. The maximum Gasteiger partial charge on any atom is 0.115 e. The Morgan fingerprint density at radius 3 is 2.71 bits per heavy atom. The minimum Gasteiger partial charge on any atom is -0.508 e. The van der Waals surface area contributed by atoms with Crippen molar-refractivity contribution in [2.24, 2.45) is 5.41 Å². The van der Waals surface area contributed by atoms with Gasteiger partial charge in [0.25, 0.3) is 0 Å². The van der Waals surface area contributed by atoms with E-state index in [4.69, 9.17) is 0 Å². The molecule has 1 fully saturated rings. The Hall–Kier alpha value is -1.06. The van der Waals surface area contributed by atoms with Crippen molar-refractivity contribution in [3.8, 4) is 5.75 Å². The van der Waals surface area contributed by atoms with Gasteiger partial charge in [-0.2, -0.15) is 0 Å². The van der Waals surface area contributed by atoms with Crippen molar-refractivity contribution in [3.63, 3.8) is 0 Å². The molecule has 21 heavy (non-hydrogen) atoms. The van der Waals surface area contributed by atoms with Crippen LogP contribution >= 0.6 is 0 Å². The summed E-state index contributed by atoms with van der Waals surface area (Å²) in [6, 6.07) is 6.14. The number of phenolic OH excluding ortho intramolecular Hbond substituents is 1. The highest BCUT2D eigenvalue weighted by Gasteiger charge is 2.32. The van der Waals surface area contributed by atoms with Gasteiger partial charge in [0.1, 0.15) is 5.75 Å². The third-order valence-electron chi connectivity index (χ3n) is 5.41. The molecule has 0 aromatic heterocycles. The summed E-state index contributed by atoms with van der Waals surface area (Å²) in [7, 11) is 0. The second kappa shape index (κ2) is 6.37. The predicted octanol–water partition coefficient (Wildman–Crippen LogP) is 3.30. The van der Waals surface area contributed by atoms with Crippen molar-refractivity contribution in [2.45, 2.75) is 57.4 Å². The van der Waals surface area contributed by atoms with Crippen LogP contribution < -0.4 is 5.32 Å². The number of hydrogen-bond acceptors (Lipinski definition) is 3. The SMILES string of the molecule is OCC1(CNC2CCCc3cc(O)ccc32)CCCCC1. The van der Waals surface area contributed by atoms with Crippen LogP contribution in [0.2, 0.25) is 0 Å². The first kappa shape index (κ1) is 14.9. The fourth-order valence-electron chi connectivity index (χ4n) is 4.05. The van der Waals surface area contributed by atoms with Crippen LogP contribution in [0.1, 0.15) is 62.1 Å². The van der Waals surface area contributed by atoms with Gasteiger partial charge in [-0.25, -0.2) is 0 Å². The number of aromatic hydroxyl groups is 1.